The maximum Gasteiger partial charge on any atom is 0.169 e. The zero-order valence-electron chi connectivity index (χ0n) is 14.8. The third-order valence-corrected chi connectivity index (χ3v) is 6.47. The van der Waals surface area contributed by atoms with E-state index in [0.29, 0.717) is 18.1 Å². The molecule has 0 aromatic heterocycles. The largest absolute Gasteiger partial charge is 0.358 e. The summed E-state index contributed by atoms with van der Waals surface area (Å²) >= 11 is 5.53. The van der Waals surface area contributed by atoms with Crippen LogP contribution < -0.4 is 10.2 Å². The number of hydrogen-bond donors (Lipinski definition) is 2. The second kappa shape index (κ2) is 8.91. The van der Waals surface area contributed by atoms with Crippen LogP contribution in [0.15, 0.2) is 24.3 Å². The van der Waals surface area contributed by atoms with Gasteiger partial charge in [-0.2, -0.15) is 0 Å². The molecule has 8 heteroatoms. The highest BCUT2D eigenvalue weighted by atomic mass is 32.2. The van der Waals surface area contributed by atoms with Gasteiger partial charge < -0.3 is 15.1 Å². The minimum absolute atomic E-state index is 0.0598. The van der Waals surface area contributed by atoms with Gasteiger partial charge in [-0.3, -0.25) is 0 Å². The van der Waals surface area contributed by atoms with Gasteiger partial charge in [0.15, 0.2) is 14.9 Å². The van der Waals surface area contributed by atoms with Crippen molar-refractivity contribution in [3.05, 3.63) is 35.6 Å². The van der Waals surface area contributed by atoms with E-state index in [9.17, 15) is 12.8 Å². The highest BCUT2D eigenvalue weighted by Gasteiger charge is 2.33. The number of thiocarbonyl (C=S) groups is 1. The molecule has 1 aromatic carbocycles. The third-order valence-electron chi connectivity index (χ3n) is 4.34. The highest BCUT2D eigenvalue weighted by molar-refractivity contribution is 7.91. The van der Waals surface area contributed by atoms with Crippen molar-refractivity contribution in [1.82, 2.24) is 10.2 Å². The zero-order valence-corrected chi connectivity index (χ0v) is 16.4. The number of benzene rings is 1. The molecule has 0 aliphatic carbocycles. The second-order valence-electron chi connectivity index (χ2n) is 6.85. The molecule has 0 bridgehead atoms. The molecule has 1 saturated heterocycles. The summed E-state index contributed by atoms with van der Waals surface area (Å²) in [4.78, 5) is 3.37. The molecule has 2 N–H and O–H groups in total. The fraction of sp³-hybridized carbons (Fsp3) is 0.588. The van der Waals surface area contributed by atoms with E-state index in [1.165, 1.54) is 17.0 Å². The maximum atomic E-state index is 13.0. The average Bonchev–Trinajstić information content (AvgIpc) is 2.90. The number of halogens is 1. The third kappa shape index (κ3) is 6.52. The molecule has 1 fully saturated rings. The van der Waals surface area contributed by atoms with E-state index in [1.54, 1.807) is 12.1 Å². The topological polar surface area (TPSA) is 53.9 Å². The van der Waals surface area contributed by atoms with E-state index in [2.05, 4.69) is 19.4 Å². The van der Waals surface area contributed by atoms with E-state index in [0.717, 1.165) is 25.1 Å². The Kier molecular flexibility index (Phi) is 7.15. The van der Waals surface area contributed by atoms with Gasteiger partial charge in [-0.15, -0.1) is 0 Å². The molecular weight excluding hydrogens is 361 g/mol. The van der Waals surface area contributed by atoms with E-state index in [1.807, 2.05) is 4.90 Å². The zero-order chi connectivity index (χ0) is 18.4. The van der Waals surface area contributed by atoms with Crippen LogP contribution in [0.4, 0.5) is 4.39 Å². The molecular formula is C17H27FN3O2S2+. The van der Waals surface area contributed by atoms with Gasteiger partial charge in [0.05, 0.1) is 32.1 Å². The first-order valence-corrected chi connectivity index (χ1v) is 10.8. The van der Waals surface area contributed by atoms with Gasteiger partial charge in [0.1, 0.15) is 5.82 Å². The summed E-state index contributed by atoms with van der Waals surface area (Å²) in [5.41, 5.74) is 0.931. The van der Waals surface area contributed by atoms with Crippen molar-refractivity contribution >= 4 is 27.2 Å². The van der Waals surface area contributed by atoms with Gasteiger partial charge in [0, 0.05) is 25.6 Å². The van der Waals surface area contributed by atoms with Crippen LogP contribution in [0.5, 0.6) is 0 Å². The SMILES string of the molecule is C[NH+](C)CCCN(C(=S)NCc1ccc(F)cc1)[C@H]1CCS(=O)(=O)C1. The van der Waals surface area contributed by atoms with Crippen LogP contribution in [-0.4, -0.2) is 63.2 Å². The van der Waals surface area contributed by atoms with Gasteiger partial charge in [-0.05, 0) is 36.3 Å². The first-order valence-electron chi connectivity index (χ1n) is 8.55. The van der Waals surface area contributed by atoms with Gasteiger partial charge in [0.25, 0.3) is 0 Å². The van der Waals surface area contributed by atoms with Gasteiger partial charge >= 0.3 is 0 Å². The Bertz CT molecular complexity index is 678. The number of quaternary nitrogens is 1. The Labute approximate surface area is 155 Å². The van der Waals surface area contributed by atoms with Crippen LogP contribution in [-0.2, 0) is 16.4 Å². The van der Waals surface area contributed by atoms with Crippen molar-refractivity contribution < 1.29 is 17.7 Å². The molecule has 0 saturated carbocycles. The summed E-state index contributed by atoms with van der Waals surface area (Å²) in [5, 5.41) is 3.76. The Balaban J connectivity index is 1.97. The van der Waals surface area contributed by atoms with E-state index in [-0.39, 0.29) is 23.4 Å². The number of nitrogens with zero attached hydrogens (tertiary/aromatic N) is 1. The summed E-state index contributed by atoms with van der Waals surface area (Å²) in [6.07, 6.45) is 1.56. The molecule has 5 nitrogen and oxygen atoms in total. The number of hydrogen-bond acceptors (Lipinski definition) is 3. The van der Waals surface area contributed by atoms with Crippen LogP contribution >= 0.6 is 12.2 Å². The first kappa shape index (κ1) is 20.1. The van der Waals surface area contributed by atoms with E-state index < -0.39 is 9.84 Å². The minimum atomic E-state index is -2.96. The number of nitrogens with one attached hydrogen (secondary N) is 2. The Morgan fingerprint density at radius 1 is 1.36 bits per heavy atom. The Morgan fingerprint density at radius 2 is 2.04 bits per heavy atom. The lowest BCUT2D eigenvalue weighted by molar-refractivity contribution is -0.858. The molecule has 2 rings (SSSR count). The lowest BCUT2D eigenvalue weighted by atomic mass is 10.2. The van der Waals surface area contributed by atoms with Crippen LogP contribution in [0.2, 0.25) is 0 Å². The fourth-order valence-corrected chi connectivity index (χ4v) is 5.00. The summed E-state index contributed by atoms with van der Waals surface area (Å²) in [7, 11) is 1.22. The highest BCUT2D eigenvalue weighted by Crippen LogP contribution is 2.18. The average molecular weight is 389 g/mol. The van der Waals surface area contributed by atoms with Crippen LogP contribution in [0, 0.1) is 5.82 Å². The van der Waals surface area contributed by atoms with Crippen LogP contribution in [0.3, 0.4) is 0 Å². The molecule has 1 aliphatic rings. The standard InChI is InChI=1S/C17H26FN3O2S2/c1-20(2)9-3-10-21(16-8-11-25(22,23)13-16)17(24)19-12-14-4-6-15(18)7-5-14/h4-7,16H,3,8-13H2,1-2H3,(H,19,24)/p+1/t16-/m0/s1. The normalized spacial score (nSPS) is 19.1. The van der Waals surface area contributed by atoms with Crippen molar-refractivity contribution in [3.63, 3.8) is 0 Å². The summed E-state index contributed by atoms with van der Waals surface area (Å²) < 4.78 is 36.6. The molecule has 0 unspecified atom stereocenters. The Morgan fingerprint density at radius 3 is 2.60 bits per heavy atom. The molecule has 1 heterocycles. The quantitative estimate of drug-likeness (QED) is 0.655. The molecule has 1 atom stereocenters. The van der Waals surface area contributed by atoms with Gasteiger partial charge in [0.2, 0.25) is 0 Å². The smallest absolute Gasteiger partial charge is 0.169 e. The fourth-order valence-electron chi connectivity index (χ4n) is 2.96. The van der Waals surface area contributed by atoms with Gasteiger partial charge in [-0.1, -0.05) is 12.1 Å². The van der Waals surface area contributed by atoms with Crippen molar-refractivity contribution in [2.45, 2.75) is 25.4 Å². The molecule has 140 valence electrons. The van der Waals surface area contributed by atoms with Crippen molar-refractivity contribution in [3.8, 4) is 0 Å². The molecule has 0 spiro atoms. The summed E-state index contributed by atoms with van der Waals surface area (Å²) in [5.74, 6) is 0.128. The van der Waals surface area contributed by atoms with Crippen LogP contribution in [0.25, 0.3) is 0 Å². The molecule has 0 radical (unpaired) electrons. The lowest BCUT2D eigenvalue weighted by Crippen LogP contribution is -3.05. The van der Waals surface area contributed by atoms with Crippen molar-refractivity contribution in [2.75, 3.05) is 38.7 Å². The predicted molar refractivity (Wildman–Crippen MR) is 102 cm³/mol. The van der Waals surface area contributed by atoms with Crippen molar-refractivity contribution in [1.29, 1.82) is 0 Å². The number of rotatable bonds is 7. The molecule has 1 aliphatic heterocycles. The predicted octanol–water partition coefficient (Wildman–Crippen LogP) is 0.224. The van der Waals surface area contributed by atoms with E-state index >= 15 is 0 Å². The van der Waals surface area contributed by atoms with Gasteiger partial charge in [-0.25, -0.2) is 12.8 Å². The molecule has 25 heavy (non-hydrogen) atoms. The maximum absolute atomic E-state index is 13.0. The van der Waals surface area contributed by atoms with E-state index in [4.69, 9.17) is 12.2 Å². The number of sulfone groups is 1. The molecule has 0 amide bonds. The summed E-state index contributed by atoms with van der Waals surface area (Å²) in [6, 6.07) is 6.20. The molecule has 1 aromatic rings. The van der Waals surface area contributed by atoms with Crippen LogP contribution in [0.1, 0.15) is 18.4 Å². The first-order chi connectivity index (χ1) is 11.8. The monoisotopic (exact) mass is 388 g/mol. The Hall–Kier alpha value is -1.25. The lowest BCUT2D eigenvalue weighted by Gasteiger charge is -2.31. The second-order valence-corrected chi connectivity index (χ2v) is 9.46. The minimum Gasteiger partial charge on any atom is -0.358 e. The summed E-state index contributed by atoms with van der Waals surface area (Å²) in [6.45, 7) is 2.23. The van der Waals surface area contributed by atoms with Crippen molar-refractivity contribution in [2.24, 2.45) is 0 Å².